The summed E-state index contributed by atoms with van der Waals surface area (Å²) in [4.78, 5) is 25.8. The second-order valence-electron chi connectivity index (χ2n) is 8.42. The summed E-state index contributed by atoms with van der Waals surface area (Å²) < 4.78 is 12.5. The average Bonchev–Trinajstić information content (AvgIpc) is 2.90. The molecule has 4 rings (SSSR count). The van der Waals surface area contributed by atoms with E-state index in [0.717, 1.165) is 16.4 Å². The summed E-state index contributed by atoms with van der Waals surface area (Å²) in [6.07, 6.45) is 0.513. The van der Waals surface area contributed by atoms with Gasteiger partial charge in [-0.2, -0.15) is 0 Å². The molecule has 1 amide bonds. The summed E-state index contributed by atoms with van der Waals surface area (Å²) in [6, 6.07) is 27.3. The van der Waals surface area contributed by atoms with Crippen molar-refractivity contribution >= 4 is 31.5 Å². The molecule has 0 bridgehead atoms. The molecule has 6 nitrogen and oxygen atoms in total. The van der Waals surface area contributed by atoms with Gasteiger partial charge in [0, 0.05) is 0 Å². The van der Waals surface area contributed by atoms with Crippen molar-refractivity contribution in [2.75, 3.05) is 0 Å². The standard InChI is InChI=1S/C28H29NO5Se/c30-23-17-10-18-24(26(23)35-22-15-8-3-9-16-22)34-27(31)25(21-13-6-2-7-14-21)29-28(32)33-19-20-11-4-1-5-12-20/h1-9,11-16,23-26,30H,10,17-19H2,(H,29,32)/t23-,24-,25-,26+/m1/s1. The van der Waals surface area contributed by atoms with E-state index in [1.54, 1.807) is 24.3 Å². The molecular formula is C28H29NO5Se. The second-order valence-corrected chi connectivity index (χ2v) is 11.0. The molecule has 0 radical (unpaired) electrons. The quantitative estimate of drug-likeness (QED) is 0.336. The van der Waals surface area contributed by atoms with Gasteiger partial charge in [0.15, 0.2) is 0 Å². The number of benzene rings is 3. The Labute approximate surface area is 211 Å². The normalized spacial score (nSPS) is 20.4. The van der Waals surface area contributed by atoms with Crippen molar-refractivity contribution in [3.05, 3.63) is 102 Å². The first-order valence-electron chi connectivity index (χ1n) is 11.7. The Morgan fingerprint density at radius 3 is 2.23 bits per heavy atom. The van der Waals surface area contributed by atoms with Crippen LogP contribution in [0, 0.1) is 0 Å². The molecule has 0 heterocycles. The predicted octanol–water partition coefficient (Wildman–Crippen LogP) is 3.93. The van der Waals surface area contributed by atoms with Gasteiger partial charge in [-0.1, -0.05) is 6.07 Å². The molecule has 0 unspecified atom stereocenters. The minimum absolute atomic E-state index is 0.0592. The molecule has 4 atom stereocenters. The van der Waals surface area contributed by atoms with Gasteiger partial charge in [0.2, 0.25) is 0 Å². The third kappa shape index (κ3) is 7.18. The molecule has 1 aliphatic carbocycles. The number of alkyl carbamates (subject to hydrolysis) is 1. The monoisotopic (exact) mass is 539 g/mol. The van der Waals surface area contributed by atoms with Crippen molar-refractivity contribution in [1.82, 2.24) is 5.32 Å². The van der Waals surface area contributed by atoms with Gasteiger partial charge < -0.3 is 0 Å². The van der Waals surface area contributed by atoms with Crippen LogP contribution in [0.4, 0.5) is 4.79 Å². The first-order chi connectivity index (χ1) is 17.1. The van der Waals surface area contributed by atoms with Gasteiger partial charge in [0.1, 0.15) is 0 Å². The number of nitrogens with one attached hydrogen (secondary N) is 1. The van der Waals surface area contributed by atoms with Gasteiger partial charge in [0.05, 0.1) is 0 Å². The van der Waals surface area contributed by atoms with Gasteiger partial charge in [-0.25, -0.2) is 0 Å². The summed E-state index contributed by atoms with van der Waals surface area (Å²) in [7, 11) is 0. The molecule has 35 heavy (non-hydrogen) atoms. The summed E-state index contributed by atoms with van der Waals surface area (Å²) in [5.74, 6) is -0.555. The van der Waals surface area contributed by atoms with Gasteiger partial charge in [-0.3, -0.25) is 0 Å². The average molecular weight is 539 g/mol. The Balaban J connectivity index is 1.45. The van der Waals surface area contributed by atoms with Gasteiger partial charge in [-0.05, 0) is 0 Å². The van der Waals surface area contributed by atoms with Crippen molar-refractivity contribution in [2.24, 2.45) is 0 Å². The Morgan fingerprint density at radius 1 is 0.914 bits per heavy atom. The van der Waals surface area contributed by atoms with E-state index < -0.39 is 30.3 Å². The molecule has 182 valence electrons. The predicted molar refractivity (Wildman–Crippen MR) is 134 cm³/mol. The summed E-state index contributed by atoms with van der Waals surface area (Å²) in [6.45, 7) is 0.0969. The molecule has 0 saturated heterocycles. The second kappa shape index (κ2) is 12.5. The van der Waals surface area contributed by atoms with Crippen LogP contribution in [-0.4, -0.2) is 44.3 Å². The van der Waals surface area contributed by atoms with Crippen LogP contribution >= 0.6 is 0 Å². The minimum atomic E-state index is -1.01. The zero-order valence-corrected chi connectivity index (χ0v) is 21.0. The fraction of sp³-hybridized carbons (Fsp3) is 0.286. The number of hydrogen-bond donors (Lipinski definition) is 2. The number of aliphatic hydroxyl groups is 1. The molecular weight excluding hydrogens is 509 g/mol. The van der Waals surface area contributed by atoms with Crippen LogP contribution < -0.4 is 9.78 Å². The topological polar surface area (TPSA) is 84.9 Å². The number of rotatable bonds is 8. The Morgan fingerprint density at radius 2 is 1.54 bits per heavy atom. The summed E-state index contributed by atoms with van der Waals surface area (Å²) >= 11 is -0.0592. The van der Waals surface area contributed by atoms with Gasteiger partial charge in [0.25, 0.3) is 0 Å². The number of hydrogen-bond acceptors (Lipinski definition) is 5. The van der Waals surface area contributed by atoms with E-state index in [1.165, 1.54) is 0 Å². The van der Waals surface area contributed by atoms with Crippen LogP contribution in [0.1, 0.15) is 36.4 Å². The van der Waals surface area contributed by atoms with E-state index in [4.69, 9.17) is 9.47 Å². The number of ether oxygens (including phenoxy) is 2. The van der Waals surface area contributed by atoms with Gasteiger partial charge in [-0.15, -0.1) is 0 Å². The molecule has 0 aromatic heterocycles. The summed E-state index contributed by atoms with van der Waals surface area (Å²) in [5.41, 5.74) is 1.46. The van der Waals surface area contributed by atoms with Crippen molar-refractivity contribution in [2.45, 2.75) is 48.9 Å². The fourth-order valence-electron chi connectivity index (χ4n) is 4.06. The van der Waals surface area contributed by atoms with Crippen molar-refractivity contribution in [3.63, 3.8) is 0 Å². The molecule has 3 aromatic rings. The molecule has 1 saturated carbocycles. The van der Waals surface area contributed by atoms with Crippen molar-refractivity contribution < 1.29 is 24.2 Å². The number of aliphatic hydroxyl groups excluding tert-OH is 1. The Hall–Kier alpha value is -3.12. The zero-order valence-electron chi connectivity index (χ0n) is 19.3. The third-order valence-electron chi connectivity index (χ3n) is 5.86. The van der Waals surface area contributed by atoms with Crippen LogP contribution in [0.15, 0.2) is 91.0 Å². The zero-order chi connectivity index (χ0) is 24.5. The Bertz CT molecular complexity index is 1080. The van der Waals surface area contributed by atoms with E-state index in [9.17, 15) is 14.7 Å². The first kappa shape index (κ1) is 25.0. The van der Waals surface area contributed by atoms with Crippen LogP contribution in [0.25, 0.3) is 0 Å². The van der Waals surface area contributed by atoms with E-state index in [0.29, 0.717) is 18.4 Å². The molecule has 2 N–H and O–H groups in total. The van der Waals surface area contributed by atoms with E-state index in [1.807, 2.05) is 66.7 Å². The third-order valence-corrected chi connectivity index (χ3v) is 8.87. The Kier molecular flexibility index (Phi) is 8.96. The maximum absolute atomic E-state index is 13.4. The molecule has 3 aromatic carbocycles. The van der Waals surface area contributed by atoms with Crippen LogP contribution in [0.3, 0.4) is 0 Å². The van der Waals surface area contributed by atoms with Crippen LogP contribution in [0.2, 0.25) is 4.82 Å². The van der Waals surface area contributed by atoms with Crippen LogP contribution in [0.5, 0.6) is 0 Å². The SMILES string of the molecule is O=C(N[C@@H](C(=O)O[C@@H]1CCC[C@@H](O)[C@@H]1[Se]c1ccccc1)c1ccccc1)OCc1ccccc1. The van der Waals surface area contributed by atoms with Gasteiger partial charge >= 0.3 is 206 Å². The van der Waals surface area contributed by atoms with Crippen molar-refractivity contribution in [3.8, 4) is 0 Å². The number of amides is 1. The molecule has 1 fully saturated rings. The van der Waals surface area contributed by atoms with Crippen molar-refractivity contribution in [1.29, 1.82) is 0 Å². The fourth-order valence-corrected chi connectivity index (χ4v) is 6.72. The van der Waals surface area contributed by atoms with Crippen LogP contribution in [-0.2, 0) is 20.9 Å². The molecule has 0 spiro atoms. The maximum atomic E-state index is 13.4. The number of esters is 1. The number of carbonyl (C=O) groups excluding carboxylic acids is 2. The first-order valence-corrected chi connectivity index (χ1v) is 13.6. The molecule has 1 aliphatic rings. The molecule has 7 heteroatoms. The number of carbonyl (C=O) groups is 2. The van der Waals surface area contributed by atoms with E-state index in [2.05, 4.69) is 5.32 Å². The summed E-state index contributed by atoms with van der Waals surface area (Å²) in [5, 5.41) is 13.4. The molecule has 0 aliphatic heterocycles. The van der Waals surface area contributed by atoms with E-state index in [-0.39, 0.29) is 26.4 Å². The van der Waals surface area contributed by atoms with E-state index >= 15 is 0 Å².